The summed E-state index contributed by atoms with van der Waals surface area (Å²) in [6, 6.07) is 9.76. The van der Waals surface area contributed by atoms with Crippen LogP contribution in [0.4, 0.5) is 4.48 Å². The molecule has 1 saturated heterocycles. The number of nitrogens with one attached hydrogen (secondary N) is 2. The predicted molar refractivity (Wildman–Crippen MR) is 125 cm³/mol. The Bertz CT molecular complexity index is 1110. The van der Waals surface area contributed by atoms with E-state index in [0.717, 1.165) is 10.2 Å². The first-order valence-electron chi connectivity index (χ1n) is 11.0. The van der Waals surface area contributed by atoms with Gasteiger partial charge in [-0.1, -0.05) is 40.9 Å². The summed E-state index contributed by atoms with van der Waals surface area (Å²) >= 11 is 0. The zero-order chi connectivity index (χ0) is 24.1. The maximum absolute atomic E-state index is 14.4. The molecule has 3 heterocycles. The number of allylic oxidation sites excluding steroid dienone is 2. The van der Waals surface area contributed by atoms with E-state index in [4.69, 9.17) is 4.74 Å². The van der Waals surface area contributed by atoms with Crippen molar-refractivity contribution in [3.8, 4) is 0 Å². The number of hydrogen-bond donors (Lipinski definition) is 2. The quantitative estimate of drug-likeness (QED) is 0.712. The van der Waals surface area contributed by atoms with Gasteiger partial charge in [-0.25, -0.2) is 5.43 Å². The Labute approximate surface area is 196 Å². The zero-order valence-electron chi connectivity index (χ0n) is 19.1. The molecule has 10 nitrogen and oxygen atoms in total. The standard InChI is InChI=1S/C23H28FN7O3/c1-28-12-6-9-18(10-11-25-21(27-28)17-7-4-3-5-8-17)26-22(32)19-20(31(24)29(19)2)23(33)30-13-15-34-16-14-30/h3-8,10-12,21,27H,9,13-16H2,1-2H3,(H,26,32)/b12-6-,18-10+,25-11+. The van der Waals surface area contributed by atoms with Crippen molar-refractivity contribution in [1.29, 1.82) is 0 Å². The van der Waals surface area contributed by atoms with Crippen LogP contribution in [0, 0.1) is 0 Å². The molecule has 1 atom stereocenters. The van der Waals surface area contributed by atoms with Crippen molar-refractivity contribution in [2.75, 3.05) is 33.4 Å². The summed E-state index contributed by atoms with van der Waals surface area (Å²) in [5.74, 6) is -1.10. The second-order valence-corrected chi connectivity index (χ2v) is 7.97. The number of rotatable bonds is 4. The number of carbonyl (C=O) groups is 2. The van der Waals surface area contributed by atoms with E-state index < -0.39 is 11.8 Å². The van der Waals surface area contributed by atoms with Gasteiger partial charge < -0.3 is 20.0 Å². The van der Waals surface area contributed by atoms with Crippen molar-refractivity contribution in [3.63, 3.8) is 0 Å². The number of hydrogen-bond acceptors (Lipinski definition) is 6. The fourth-order valence-electron chi connectivity index (χ4n) is 3.77. The van der Waals surface area contributed by atoms with Crippen LogP contribution in [0.15, 0.2) is 59.4 Å². The van der Waals surface area contributed by atoms with E-state index in [1.807, 2.05) is 49.7 Å². The van der Waals surface area contributed by atoms with Gasteiger partial charge in [0.05, 0.1) is 13.2 Å². The molecule has 0 spiro atoms. The number of ether oxygens (including phenoxy) is 1. The van der Waals surface area contributed by atoms with Crippen LogP contribution in [0.5, 0.6) is 0 Å². The van der Waals surface area contributed by atoms with Crippen molar-refractivity contribution in [3.05, 3.63) is 71.3 Å². The van der Waals surface area contributed by atoms with Crippen LogP contribution in [0.1, 0.15) is 39.1 Å². The number of nitrogens with zero attached hydrogens (tertiary/aromatic N) is 5. The zero-order valence-corrected chi connectivity index (χ0v) is 19.1. The molecule has 34 heavy (non-hydrogen) atoms. The van der Waals surface area contributed by atoms with Gasteiger partial charge in [0.2, 0.25) is 0 Å². The van der Waals surface area contributed by atoms with Gasteiger partial charge in [-0.3, -0.25) is 19.3 Å². The van der Waals surface area contributed by atoms with Crippen molar-refractivity contribution >= 4 is 18.0 Å². The largest absolute Gasteiger partial charge is 0.378 e. The van der Waals surface area contributed by atoms with Gasteiger partial charge in [0.25, 0.3) is 11.8 Å². The van der Waals surface area contributed by atoms with E-state index in [-0.39, 0.29) is 22.5 Å². The molecule has 11 heteroatoms. The number of morpholine rings is 1. The first-order chi connectivity index (χ1) is 16.5. The topological polar surface area (TPSA) is 96.1 Å². The Balaban J connectivity index is 1.53. The first kappa shape index (κ1) is 23.5. The highest BCUT2D eigenvalue weighted by atomic mass is 19.2. The van der Waals surface area contributed by atoms with Gasteiger partial charge in [-0.15, -0.1) is 4.90 Å². The number of hydrazine groups is 1. The van der Waals surface area contributed by atoms with E-state index in [1.165, 1.54) is 11.9 Å². The van der Waals surface area contributed by atoms with Crippen LogP contribution < -0.4 is 10.7 Å². The monoisotopic (exact) mass is 469 g/mol. The third-order valence-corrected chi connectivity index (χ3v) is 5.60. The lowest BCUT2D eigenvalue weighted by Crippen LogP contribution is -2.46. The Morgan fingerprint density at radius 3 is 2.62 bits per heavy atom. The minimum atomic E-state index is -0.566. The van der Waals surface area contributed by atoms with Crippen LogP contribution >= 0.6 is 0 Å². The second kappa shape index (κ2) is 10.5. The summed E-state index contributed by atoms with van der Waals surface area (Å²) in [4.78, 5) is 32.1. The fourth-order valence-corrected chi connectivity index (χ4v) is 3.77. The maximum Gasteiger partial charge on any atom is 0.277 e. The molecule has 0 bridgehead atoms. The molecule has 1 aromatic heterocycles. The van der Waals surface area contributed by atoms with Crippen LogP contribution in [-0.2, 0) is 11.8 Å². The normalized spacial score (nSPS) is 22.6. The molecule has 0 saturated carbocycles. The third-order valence-electron chi connectivity index (χ3n) is 5.60. The van der Waals surface area contributed by atoms with Gasteiger partial charge in [0.15, 0.2) is 11.4 Å². The van der Waals surface area contributed by atoms with Crippen LogP contribution in [0.3, 0.4) is 0 Å². The van der Waals surface area contributed by atoms with Gasteiger partial charge in [0.1, 0.15) is 6.17 Å². The number of benzene rings is 1. The van der Waals surface area contributed by atoms with Crippen molar-refractivity contribution in [2.24, 2.45) is 12.0 Å². The fraction of sp³-hybridized carbons (Fsp3) is 0.348. The minimum absolute atomic E-state index is 0.0288. The number of halogens is 1. The molecule has 0 radical (unpaired) electrons. The molecule has 4 rings (SSSR count). The highest BCUT2D eigenvalue weighted by Gasteiger charge is 2.34. The number of carbonyl (C=O) groups excluding carboxylic acids is 2. The summed E-state index contributed by atoms with van der Waals surface area (Å²) in [6.45, 7) is 1.47. The summed E-state index contributed by atoms with van der Waals surface area (Å²) in [5.41, 5.74) is 4.51. The highest BCUT2D eigenvalue weighted by Crippen LogP contribution is 2.19. The van der Waals surface area contributed by atoms with E-state index in [9.17, 15) is 14.1 Å². The van der Waals surface area contributed by atoms with Crippen LogP contribution in [-0.4, -0.2) is 70.9 Å². The average molecular weight is 470 g/mol. The summed E-state index contributed by atoms with van der Waals surface area (Å²) in [5, 5.41) is 4.59. The van der Waals surface area contributed by atoms with Crippen molar-refractivity contribution in [1.82, 2.24) is 30.2 Å². The van der Waals surface area contributed by atoms with Crippen LogP contribution in [0.25, 0.3) is 0 Å². The Hall–Kier alpha value is -3.70. The summed E-state index contributed by atoms with van der Waals surface area (Å²) in [7, 11) is 3.25. The second-order valence-electron chi connectivity index (χ2n) is 7.97. The lowest BCUT2D eigenvalue weighted by molar-refractivity contribution is 0.0264. The molecule has 1 fully saturated rings. The Kier molecular flexibility index (Phi) is 7.24. The lowest BCUT2D eigenvalue weighted by atomic mass is 10.2. The lowest BCUT2D eigenvalue weighted by Gasteiger charge is -2.30. The van der Waals surface area contributed by atoms with E-state index in [0.29, 0.717) is 38.4 Å². The molecule has 2 N–H and O–H groups in total. The van der Waals surface area contributed by atoms with Crippen LogP contribution in [0.2, 0.25) is 0 Å². The molecule has 1 aromatic carbocycles. The minimum Gasteiger partial charge on any atom is -0.378 e. The molecule has 180 valence electrons. The maximum atomic E-state index is 14.4. The average Bonchev–Trinajstić information content (AvgIpc) is 2.86. The molecule has 2 aromatic rings. The highest BCUT2D eigenvalue weighted by molar-refractivity contribution is 6.06. The Morgan fingerprint density at radius 1 is 1.15 bits per heavy atom. The number of aliphatic imine (C=N–C) groups is 1. The summed E-state index contributed by atoms with van der Waals surface area (Å²) < 4.78 is 20.7. The molecule has 0 aliphatic carbocycles. The number of amides is 2. The van der Waals surface area contributed by atoms with Crippen molar-refractivity contribution < 1.29 is 18.8 Å². The van der Waals surface area contributed by atoms with Gasteiger partial charge in [-0.2, -0.15) is 0 Å². The molecular formula is C23H28FN7O3. The van der Waals surface area contributed by atoms with Crippen molar-refractivity contribution in [2.45, 2.75) is 12.6 Å². The molecule has 2 aliphatic rings. The SMILES string of the molecule is CN1/C=C\C/C(NC(=O)c2c(C(=O)N3CCOCC3)n(F)n2C)=C\C=N\C(c2ccccc2)N1. The molecule has 2 amide bonds. The van der Waals surface area contributed by atoms with E-state index >= 15 is 0 Å². The van der Waals surface area contributed by atoms with Gasteiger partial charge in [-0.05, 0) is 11.6 Å². The molecular weight excluding hydrogens is 441 g/mol. The third kappa shape index (κ3) is 5.10. The Morgan fingerprint density at radius 2 is 1.88 bits per heavy atom. The smallest absolute Gasteiger partial charge is 0.277 e. The molecule has 2 aliphatic heterocycles. The summed E-state index contributed by atoms with van der Waals surface area (Å²) in [6.07, 6.45) is 7.11. The van der Waals surface area contributed by atoms with E-state index in [1.54, 1.807) is 17.3 Å². The van der Waals surface area contributed by atoms with E-state index in [2.05, 4.69) is 15.7 Å². The number of aromatic nitrogens is 2. The van der Waals surface area contributed by atoms with Gasteiger partial charge in [0, 0.05) is 51.7 Å². The molecule has 1 unspecified atom stereocenters. The first-order valence-corrected chi connectivity index (χ1v) is 11.0. The predicted octanol–water partition coefficient (Wildman–Crippen LogP) is 1.77. The van der Waals surface area contributed by atoms with Gasteiger partial charge >= 0.3 is 0 Å².